The second kappa shape index (κ2) is 9.12. The number of hydrogen-bond acceptors (Lipinski definition) is 7. The van der Waals surface area contributed by atoms with Crippen LogP contribution in [0.4, 0.5) is 5.69 Å². The Balaban J connectivity index is 1.86. The number of benzene rings is 2. The molecule has 2 aromatic carbocycles. The minimum Gasteiger partial charge on any atom is -0.503 e. The highest BCUT2D eigenvalue weighted by molar-refractivity contribution is 6.20. The van der Waals surface area contributed by atoms with E-state index >= 15 is 0 Å². The standard InChI is InChI=1S/C25H23NO7/c1-4-32-17-10-8-16(9-11-17)26-22(15-7-12-18(30-2)20(14-15)31-3)21(24(28)25(26)29)23(27)19-6-5-13-33-19/h5-14,22,28H,4H2,1-3H3. The van der Waals surface area contributed by atoms with Crippen LogP contribution < -0.4 is 19.1 Å². The molecule has 0 bridgehead atoms. The third kappa shape index (κ3) is 3.91. The lowest BCUT2D eigenvalue weighted by Gasteiger charge is -2.27. The minimum atomic E-state index is -0.923. The SMILES string of the molecule is CCOc1ccc(N2C(=O)C(O)=C(C(=O)c3ccco3)C2c2ccc(OC)c(OC)c2)cc1. The van der Waals surface area contributed by atoms with Crippen LogP contribution in [0.3, 0.4) is 0 Å². The first-order chi connectivity index (χ1) is 16.0. The van der Waals surface area contributed by atoms with Crippen LogP contribution in [-0.4, -0.2) is 37.6 Å². The third-order valence-electron chi connectivity index (χ3n) is 5.35. The Labute approximate surface area is 190 Å². The van der Waals surface area contributed by atoms with Crippen LogP contribution in [0.1, 0.15) is 29.1 Å². The van der Waals surface area contributed by atoms with E-state index in [2.05, 4.69) is 0 Å². The van der Waals surface area contributed by atoms with Gasteiger partial charge in [0.15, 0.2) is 23.0 Å². The molecule has 1 aliphatic heterocycles. The van der Waals surface area contributed by atoms with Gasteiger partial charge in [-0.2, -0.15) is 0 Å². The normalized spacial score (nSPS) is 15.7. The minimum absolute atomic E-state index is 0.0170. The Morgan fingerprint density at radius 3 is 2.39 bits per heavy atom. The van der Waals surface area contributed by atoms with E-state index in [1.807, 2.05) is 6.92 Å². The highest BCUT2D eigenvalue weighted by Crippen LogP contribution is 2.44. The number of aliphatic hydroxyl groups is 1. The number of amides is 1. The van der Waals surface area contributed by atoms with Gasteiger partial charge in [-0.15, -0.1) is 0 Å². The molecule has 1 aromatic heterocycles. The molecule has 170 valence electrons. The summed E-state index contributed by atoms with van der Waals surface area (Å²) < 4.78 is 21.5. The fraction of sp³-hybridized carbons (Fsp3) is 0.200. The smallest absolute Gasteiger partial charge is 0.294 e. The van der Waals surface area contributed by atoms with Crippen LogP contribution in [0.2, 0.25) is 0 Å². The van der Waals surface area contributed by atoms with E-state index in [1.54, 1.807) is 48.5 Å². The lowest BCUT2D eigenvalue weighted by molar-refractivity contribution is -0.117. The van der Waals surface area contributed by atoms with E-state index in [9.17, 15) is 14.7 Å². The number of anilines is 1. The number of furan rings is 1. The largest absolute Gasteiger partial charge is 0.503 e. The summed E-state index contributed by atoms with van der Waals surface area (Å²) in [7, 11) is 3.01. The number of carbonyl (C=O) groups excluding carboxylic acids is 2. The first kappa shape index (κ1) is 22.0. The molecule has 0 aliphatic carbocycles. The molecule has 1 amide bonds. The average molecular weight is 449 g/mol. The van der Waals surface area contributed by atoms with Gasteiger partial charge in [-0.25, -0.2) is 0 Å². The molecule has 8 nitrogen and oxygen atoms in total. The zero-order valence-corrected chi connectivity index (χ0v) is 18.4. The molecule has 0 radical (unpaired) electrons. The number of hydrogen-bond donors (Lipinski definition) is 1. The summed E-state index contributed by atoms with van der Waals surface area (Å²) in [6.07, 6.45) is 1.36. The molecule has 8 heteroatoms. The van der Waals surface area contributed by atoms with E-state index in [0.717, 1.165) is 0 Å². The zero-order chi connectivity index (χ0) is 23.5. The van der Waals surface area contributed by atoms with Crippen molar-refractivity contribution >= 4 is 17.4 Å². The fourth-order valence-corrected chi connectivity index (χ4v) is 3.85. The Morgan fingerprint density at radius 2 is 1.79 bits per heavy atom. The highest BCUT2D eigenvalue weighted by Gasteiger charge is 2.45. The molecule has 33 heavy (non-hydrogen) atoms. The van der Waals surface area contributed by atoms with Crippen LogP contribution >= 0.6 is 0 Å². The van der Waals surface area contributed by atoms with Crippen LogP contribution in [0.5, 0.6) is 17.2 Å². The van der Waals surface area contributed by atoms with Gasteiger partial charge in [0.2, 0.25) is 5.78 Å². The van der Waals surface area contributed by atoms with Gasteiger partial charge >= 0.3 is 0 Å². The number of ketones is 1. The Bertz CT molecular complexity index is 1200. The van der Waals surface area contributed by atoms with E-state index in [1.165, 1.54) is 31.4 Å². The summed E-state index contributed by atoms with van der Waals surface area (Å²) >= 11 is 0. The maximum absolute atomic E-state index is 13.3. The molecule has 0 fully saturated rings. The number of ether oxygens (including phenoxy) is 3. The molecule has 1 aliphatic rings. The lowest BCUT2D eigenvalue weighted by atomic mass is 9.94. The van der Waals surface area contributed by atoms with Gasteiger partial charge in [-0.1, -0.05) is 6.07 Å². The molecule has 4 rings (SSSR count). The van der Waals surface area contributed by atoms with E-state index in [4.69, 9.17) is 18.6 Å². The van der Waals surface area contributed by atoms with Crippen molar-refractivity contribution in [1.29, 1.82) is 0 Å². The van der Waals surface area contributed by atoms with Gasteiger partial charge in [-0.05, 0) is 61.0 Å². The molecule has 0 saturated carbocycles. The average Bonchev–Trinajstić information content (AvgIpc) is 3.46. The predicted octanol–water partition coefficient (Wildman–Crippen LogP) is 4.48. The van der Waals surface area contributed by atoms with Crippen molar-refractivity contribution in [2.45, 2.75) is 13.0 Å². The van der Waals surface area contributed by atoms with E-state index in [0.29, 0.717) is 35.1 Å². The molecule has 0 saturated heterocycles. The summed E-state index contributed by atoms with van der Waals surface area (Å²) in [6, 6.07) is 14.0. The second-order valence-corrected chi connectivity index (χ2v) is 7.19. The van der Waals surface area contributed by atoms with Gasteiger partial charge in [0.1, 0.15) is 5.75 Å². The summed E-state index contributed by atoms with van der Waals surface area (Å²) in [5, 5.41) is 10.8. The number of carbonyl (C=O) groups is 2. The molecular weight excluding hydrogens is 426 g/mol. The van der Waals surface area contributed by atoms with Crippen molar-refractivity contribution in [3.05, 3.63) is 83.5 Å². The monoisotopic (exact) mass is 449 g/mol. The number of Topliss-reactive ketones (excluding diaryl/α,β-unsaturated/α-hetero) is 1. The van der Waals surface area contributed by atoms with Crippen molar-refractivity contribution in [3.63, 3.8) is 0 Å². The van der Waals surface area contributed by atoms with Crippen molar-refractivity contribution in [1.82, 2.24) is 0 Å². The van der Waals surface area contributed by atoms with Gasteiger partial charge in [0.05, 0.1) is 38.7 Å². The molecular formula is C25H23NO7. The van der Waals surface area contributed by atoms with Gasteiger partial charge < -0.3 is 23.7 Å². The molecule has 3 aromatic rings. The lowest BCUT2D eigenvalue weighted by Crippen LogP contribution is -2.31. The molecule has 0 spiro atoms. The summed E-state index contributed by atoms with van der Waals surface area (Å²) in [5.41, 5.74) is 0.946. The Morgan fingerprint density at radius 1 is 1.06 bits per heavy atom. The number of nitrogens with zero attached hydrogens (tertiary/aromatic N) is 1. The van der Waals surface area contributed by atoms with Gasteiger partial charge in [0, 0.05) is 5.69 Å². The Hall–Kier alpha value is -4.20. The third-order valence-corrected chi connectivity index (χ3v) is 5.35. The summed E-state index contributed by atoms with van der Waals surface area (Å²) in [4.78, 5) is 27.8. The van der Waals surface area contributed by atoms with Gasteiger partial charge in [-0.3, -0.25) is 14.5 Å². The number of aliphatic hydroxyl groups excluding tert-OH is 1. The van der Waals surface area contributed by atoms with Crippen molar-refractivity contribution < 1.29 is 33.3 Å². The zero-order valence-electron chi connectivity index (χ0n) is 18.4. The molecule has 2 heterocycles. The summed E-state index contributed by atoms with van der Waals surface area (Å²) in [6.45, 7) is 2.37. The van der Waals surface area contributed by atoms with E-state index < -0.39 is 23.5 Å². The van der Waals surface area contributed by atoms with Crippen LogP contribution in [0.15, 0.2) is 76.6 Å². The van der Waals surface area contributed by atoms with Crippen LogP contribution in [-0.2, 0) is 4.79 Å². The first-order valence-electron chi connectivity index (χ1n) is 10.3. The maximum Gasteiger partial charge on any atom is 0.294 e. The van der Waals surface area contributed by atoms with Gasteiger partial charge in [0.25, 0.3) is 5.91 Å². The quantitative estimate of drug-likeness (QED) is 0.506. The molecule has 1 atom stereocenters. The number of rotatable bonds is 8. The topological polar surface area (TPSA) is 98.4 Å². The van der Waals surface area contributed by atoms with Crippen molar-refractivity contribution in [2.75, 3.05) is 25.7 Å². The maximum atomic E-state index is 13.3. The van der Waals surface area contributed by atoms with Crippen molar-refractivity contribution in [3.8, 4) is 17.2 Å². The fourth-order valence-electron chi connectivity index (χ4n) is 3.85. The molecule has 1 N–H and O–H groups in total. The molecule has 1 unspecified atom stereocenters. The summed E-state index contributed by atoms with van der Waals surface area (Å²) in [5.74, 6) is -0.350. The highest BCUT2D eigenvalue weighted by atomic mass is 16.5. The second-order valence-electron chi connectivity index (χ2n) is 7.19. The van der Waals surface area contributed by atoms with Crippen molar-refractivity contribution in [2.24, 2.45) is 0 Å². The predicted molar refractivity (Wildman–Crippen MR) is 120 cm³/mol. The Kier molecular flexibility index (Phi) is 6.08. The van der Waals surface area contributed by atoms with E-state index in [-0.39, 0.29) is 11.3 Å². The van der Waals surface area contributed by atoms with Crippen LogP contribution in [0.25, 0.3) is 0 Å². The number of methoxy groups -OCH3 is 2. The first-order valence-corrected chi connectivity index (χ1v) is 10.3. The van der Waals surface area contributed by atoms with Crippen LogP contribution in [0, 0.1) is 0 Å².